The second-order valence-electron chi connectivity index (χ2n) is 5.68. The van der Waals surface area contributed by atoms with Gasteiger partial charge in [0.2, 0.25) is 0 Å². The molecule has 0 aliphatic rings. The molecule has 0 saturated carbocycles. The molecule has 0 rings (SSSR count). The number of rotatable bonds is 7. The minimum Gasteiger partial charge on any atom is -0.390 e. The highest BCUT2D eigenvalue weighted by molar-refractivity contribution is 4.85. The van der Waals surface area contributed by atoms with Crippen LogP contribution >= 0.6 is 0 Å². The Morgan fingerprint density at radius 3 is 1.82 bits per heavy atom. The molecule has 0 aromatic heterocycles. The third-order valence-electron chi connectivity index (χ3n) is 2.93. The number of hydrogen-bond acceptors (Lipinski definition) is 3. The summed E-state index contributed by atoms with van der Waals surface area (Å²) >= 11 is 0. The largest absolute Gasteiger partial charge is 0.390 e. The number of hydrogen-bond donors (Lipinski definition) is 3. The van der Waals surface area contributed by atoms with Crippen molar-refractivity contribution in [3.05, 3.63) is 0 Å². The molecule has 3 N–H and O–H groups in total. The Hall–Kier alpha value is -0.260. The van der Waals surface area contributed by atoms with Gasteiger partial charge in [0.25, 0.3) is 5.92 Å². The number of aliphatic hydroxyl groups is 3. The average Bonchev–Trinajstić information content (AvgIpc) is 2.08. The topological polar surface area (TPSA) is 60.7 Å². The first-order valence-electron chi connectivity index (χ1n) is 5.88. The first-order chi connectivity index (χ1) is 7.38. The lowest BCUT2D eigenvalue weighted by Gasteiger charge is -2.29. The Balaban J connectivity index is 3.95. The molecule has 0 bridgehead atoms. The van der Waals surface area contributed by atoms with Crippen LogP contribution in [-0.2, 0) is 0 Å². The van der Waals surface area contributed by atoms with Gasteiger partial charge in [-0.25, -0.2) is 8.78 Å². The van der Waals surface area contributed by atoms with Crippen molar-refractivity contribution in [3.63, 3.8) is 0 Å². The van der Waals surface area contributed by atoms with Gasteiger partial charge in [0.05, 0.1) is 11.7 Å². The van der Waals surface area contributed by atoms with Crippen LogP contribution in [0.25, 0.3) is 0 Å². The van der Waals surface area contributed by atoms with Gasteiger partial charge in [-0.1, -0.05) is 6.42 Å². The monoisotopic (exact) mass is 254 g/mol. The van der Waals surface area contributed by atoms with Gasteiger partial charge >= 0.3 is 0 Å². The van der Waals surface area contributed by atoms with Gasteiger partial charge in [0.1, 0.15) is 5.60 Å². The molecule has 3 nitrogen and oxygen atoms in total. The molecule has 17 heavy (non-hydrogen) atoms. The lowest BCUT2D eigenvalue weighted by molar-refractivity contribution is -0.166. The van der Waals surface area contributed by atoms with E-state index in [1.807, 2.05) is 0 Å². The van der Waals surface area contributed by atoms with Crippen molar-refractivity contribution in [3.8, 4) is 0 Å². The van der Waals surface area contributed by atoms with E-state index in [2.05, 4.69) is 0 Å². The quantitative estimate of drug-likeness (QED) is 0.610. The van der Waals surface area contributed by atoms with Crippen LogP contribution in [0.2, 0.25) is 0 Å². The molecule has 0 heterocycles. The number of unbranched alkanes of at least 4 members (excludes halogenated alkanes) is 1. The molecule has 0 aromatic carbocycles. The van der Waals surface area contributed by atoms with Crippen molar-refractivity contribution >= 4 is 0 Å². The molecule has 1 unspecified atom stereocenters. The molecule has 0 fully saturated rings. The van der Waals surface area contributed by atoms with Gasteiger partial charge in [-0.3, -0.25) is 0 Å². The standard InChI is InChI=1S/C12H24F2O3/c1-10(2,16)9(15)7-5-6-8-12(13,14)11(3,4)17/h9,15-17H,5-8H2,1-4H3. The smallest absolute Gasteiger partial charge is 0.275 e. The van der Waals surface area contributed by atoms with Crippen LogP contribution < -0.4 is 0 Å². The van der Waals surface area contributed by atoms with E-state index in [-0.39, 0.29) is 12.8 Å². The van der Waals surface area contributed by atoms with Gasteiger partial charge in [-0.05, 0) is 40.5 Å². The summed E-state index contributed by atoms with van der Waals surface area (Å²) in [5.41, 5.74) is -3.24. The zero-order valence-corrected chi connectivity index (χ0v) is 11.0. The van der Waals surface area contributed by atoms with Crippen molar-refractivity contribution in [1.82, 2.24) is 0 Å². The van der Waals surface area contributed by atoms with Crippen LogP contribution in [0.5, 0.6) is 0 Å². The minimum atomic E-state index is -3.13. The molecule has 0 radical (unpaired) electrons. The maximum absolute atomic E-state index is 13.3. The summed E-state index contributed by atoms with van der Waals surface area (Å²) in [6.07, 6.45) is -0.486. The van der Waals surface area contributed by atoms with E-state index in [0.29, 0.717) is 6.42 Å². The SMILES string of the molecule is CC(C)(O)C(O)CCCCC(F)(F)C(C)(C)O. The summed E-state index contributed by atoms with van der Waals surface area (Å²) in [5.74, 6) is -3.13. The van der Waals surface area contributed by atoms with E-state index >= 15 is 0 Å². The minimum absolute atomic E-state index is 0.199. The van der Waals surface area contributed by atoms with Gasteiger partial charge in [0, 0.05) is 6.42 Å². The van der Waals surface area contributed by atoms with E-state index < -0.39 is 29.6 Å². The van der Waals surface area contributed by atoms with Crippen molar-refractivity contribution in [2.75, 3.05) is 0 Å². The summed E-state index contributed by atoms with van der Waals surface area (Å²) in [7, 11) is 0. The van der Waals surface area contributed by atoms with Crippen molar-refractivity contribution in [1.29, 1.82) is 0 Å². The summed E-state index contributed by atoms with van der Waals surface area (Å²) < 4.78 is 26.7. The first kappa shape index (κ1) is 16.7. The Labute approximate surface area is 101 Å². The zero-order chi connectivity index (χ0) is 13.9. The zero-order valence-electron chi connectivity index (χ0n) is 11.0. The number of alkyl halides is 2. The van der Waals surface area contributed by atoms with Crippen LogP contribution in [0, 0.1) is 0 Å². The van der Waals surface area contributed by atoms with E-state index in [1.54, 1.807) is 0 Å². The third-order valence-corrected chi connectivity index (χ3v) is 2.93. The second kappa shape index (κ2) is 5.59. The lowest BCUT2D eigenvalue weighted by Crippen LogP contribution is -2.42. The van der Waals surface area contributed by atoms with Gasteiger partial charge in [-0.2, -0.15) is 0 Å². The average molecular weight is 254 g/mol. The van der Waals surface area contributed by atoms with Crippen molar-refractivity contribution < 1.29 is 24.1 Å². The van der Waals surface area contributed by atoms with E-state index in [1.165, 1.54) is 13.8 Å². The summed E-state index contributed by atoms with van der Waals surface area (Å²) in [5, 5.41) is 28.2. The summed E-state index contributed by atoms with van der Waals surface area (Å²) in [6, 6.07) is 0. The summed E-state index contributed by atoms with van der Waals surface area (Å²) in [4.78, 5) is 0. The van der Waals surface area contributed by atoms with Crippen molar-refractivity contribution in [2.24, 2.45) is 0 Å². The van der Waals surface area contributed by atoms with E-state index in [4.69, 9.17) is 0 Å². The van der Waals surface area contributed by atoms with Crippen LogP contribution in [-0.4, -0.2) is 38.5 Å². The Kier molecular flexibility index (Phi) is 5.50. The Morgan fingerprint density at radius 2 is 1.47 bits per heavy atom. The fourth-order valence-electron chi connectivity index (χ4n) is 1.34. The van der Waals surface area contributed by atoms with Crippen LogP contribution in [0.3, 0.4) is 0 Å². The fourth-order valence-corrected chi connectivity index (χ4v) is 1.34. The van der Waals surface area contributed by atoms with Crippen LogP contribution in [0.1, 0.15) is 53.4 Å². The molecule has 5 heteroatoms. The van der Waals surface area contributed by atoms with E-state index in [9.17, 15) is 24.1 Å². The maximum atomic E-state index is 13.3. The molecule has 0 aliphatic heterocycles. The Bertz CT molecular complexity index is 229. The molecule has 0 saturated heterocycles. The molecule has 0 aliphatic carbocycles. The highest BCUT2D eigenvalue weighted by Gasteiger charge is 2.44. The molecule has 0 amide bonds. The maximum Gasteiger partial charge on any atom is 0.275 e. The van der Waals surface area contributed by atoms with E-state index in [0.717, 1.165) is 13.8 Å². The predicted molar refractivity (Wildman–Crippen MR) is 62.0 cm³/mol. The molecule has 0 spiro atoms. The Morgan fingerprint density at radius 1 is 1.00 bits per heavy atom. The molecule has 1 atom stereocenters. The summed E-state index contributed by atoms with van der Waals surface area (Å²) in [6.45, 7) is 5.11. The number of halogens is 2. The van der Waals surface area contributed by atoms with Gasteiger partial charge in [0.15, 0.2) is 0 Å². The second-order valence-corrected chi connectivity index (χ2v) is 5.68. The van der Waals surface area contributed by atoms with Gasteiger partial charge < -0.3 is 15.3 Å². The fraction of sp³-hybridized carbons (Fsp3) is 1.00. The normalized spacial score (nSPS) is 16.1. The van der Waals surface area contributed by atoms with Crippen LogP contribution in [0.4, 0.5) is 8.78 Å². The molecular formula is C12H24F2O3. The molecular weight excluding hydrogens is 230 g/mol. The molecule has 104 valence electrons. The highest BCUT2D eigenvalue weighted by Crippen LogP contribution is 2.33. The van der Waals surface area contributed by atoms with Crippen LogP contribution in [0.15, 0.2) is 0 Å². The predicted octanol–water partition coefficient (Wildman–Crippen LogP) is 2.08. The van der Waals surface area contributed by atoms with Crippen molar-refractivity contribution in [2.45, 2.75) is 76.6 Å². The highest BCUT2D eigenvalue weighted by atomic mass is 19.3. The third kappa shape index (κ3) is 5.75. The number of aliphatic hydroxyl groups excluding tert-OH is 1. The van der Waals surface area contributed by atoms with Gasteiger partial charge in [-0.15, -0.1) is 0 Å². The first-order valence-corrected chi connectivity index (χ1v) is 5.88. The lowest BCUT2D eigenvalue weighted by atomic mass is 9.92. The molecule has 0 aromatic rings.